The summed E-state index contributed by atoms with van der Waals surface area (Å²) in [6.45, 7) is 17.6. The van der Waals surface area contributed by atoms with Gasteiger partial charge in [-0.3, -0.25) is 0 Å². The van der Waals surface area contributed by atoms with Crippen molar-refractivity contribution in [3.63, 3.8) is 0 Å². The Morgan fingerprint density at radius 2 is 0.818 bits per heavy atom. The Hall–Kier alpha value is -0.0800. The summed E-state index contributed by atoms with van der Waals surface area (Å²) < 4.78 is 0. The van der Waals surface area contributed by atoms with Crippen molar-refractivity contribution >= 4 is 0 Å². The molecule has 0 fully saturated rings. The number of nitrogens with one attached hydrogen (secondary N) is 1. The Kier molecular flexibility index (Phi) is 25.5. The van der Waals surface area contributed by atoms with Gasteiger partial charge in [0.1, 0.15) is 0 Å². The van der Waals surface area contributed by atoms with Crippen LogP contribution < -0.4 is 5.32 Å². The summed E-state index contributed by atoms with van der Waals surface area (Å²) in [5.74, 6) is 0. The smallest absolute Gasteiger partial charge is 0.00188 e. The molecule has 2 nitrogen and oxygen atoms in total. The highest BCUT2D eigenvalue weighted by Gasteiger charge is 2.01. The van der Waals surface area contributed by atoms with E-state index in [4.69, 9.17) is 0 Å². The Bertz CT molecular complexity index is 146. The van der Waals surface area contributed by atoms with Crippen LogP contribution in [-0.4, -0.2) is 37.6 Å². The molecule has 0 aromatic carbocycles. The van der Waals surface area contributed by atoms with E-state index in [1.54, 1.807) is 0 Å². The molecule has 2 heteroatoms. The molecule has 0 saturated carbocycles. The van der Waals surface area contributed by atoms with Crippen LogP contribution >= 0.6 is 0 Å². The second-order valence-electron chi connectivity index (χ2n) is 6.36. The average molecular weight is 315 g/mol. The van der Waals surface area contributed by atoms with E-state index in [-0.39, 0.29) is 0 Å². The molecular weight excluding hydrogens is 268 g/mol. The zero-order valence-corrected chi connectivity index (χ0v) is 16.6. The number of rotatable bonds is 15. The molecule has 0 aromatic heterocycles. The highest BCUT2D eigenvalue weighted by molar-refractivity contribution is 4.57. The highest BCUT2D eigenvalue weighted by Crippen LogP contribution is 2.01. The van der Waals surface area contributed by atoms with E-state index in [1.165, 1.54) is 96.9 Å². The first-order valence-corrected chi connectivity index (χ1v) is 10.2. The summed E-state index contributed by atoms with van der Waals surface area (Å²) in [5, 5.41) is 3.39. The van der Waals surface area contributed by atoms with Gasteiger partial charge in [-0.15, -0.1) is 0 Å². The molecule has 0 rings (SSSR count). The third-order valence-electron chi connectivity index (χ3n) is 3.90. The molecule has 0 aliphatic carbocycles. The van der Waals surface area contributed by atoms with Crippen molar-refractivity contribution in [2.45, 2.75) is 98.8 Å². The van der Waals surface area contributed by atoms with Crippen molar-refractivity contribution in [2.24, 2.45) is 0 Å². The molecule has 0 amide bonds. The molecule has 0 unspecified atom stereocenters. The first-order valence-electron chi connectivity index (χ1n) is 10.2. The van der Waals surface area contributed by atoms with Gasteiger partial charge in [-0.25, -0.2) is 0 Å². The van der Waals surface area contributed by atoms with E-state index in [1.807, 2.05) is 0 Å². The van der Waals surface area contributed by atoms with Crippen molar-refractivity contribution in [1.82, 2.24) is 10.2 Å². The molecule has 0 spiro atoms. The van der Waals surface area contributed by atoms with Crippen molar-refractivity contribution < 1.29 is 0 Å². The van der Waals surface area contributed by atoms with E-state index in [9.17, 15) is 0 Å². The fraction of sp³-hybridized carbons (Fsp3) is 1.00. The zero-order valence-electron chi connectivity index (χ0n) is 16.6. The second kappa shape index (κ2) is 23.2. The van der Waals surface area contributed by atoms with E-state index in [0.29, 0.717) is 0 Å². The van der Waals surface area contributed by atoms with E-state index in [0.717, 1.165) is 0 Å². The highest BCUT2D eigenvalue weighted by atomic mass is 15.1. The minimum Gasteiger partial charge on any atom is -0.317 e. The Morgan fingerprint density at radius 3 is 1.09 bits per heavy atom. The molecule has 22 heavy (non-hydrogen) atoms. The predicted octanol–water partition coefficient (Wildman–Crippen LogP) is 5.86. The lowest BCUT2D eigenvalue weighted by molar-refractivity contribution is 0.261. The predicted molar refractivity (Wildman–Crippen MR) is 104 cm³/mol. The summed E-state index contributed by atoms with van der Waals surface area (Å²) in [6, 6.07) is 0. The lowest BCUT2D eigenvalue weighted by atomic mass is 10.2. The molecule has 1 N–H and O–H groups in total. The van der Waals surface area contributed by atoms with Gasteiger partial charge in [0.25, 0.3) is 0 Å². The molecule has 0 atom stereocenters. The van der Waals surface area contributed by atoms with Gasteiger partial charge in [-0.05, 0) is 64.8 Å². The van der Waals surface area contributed by atoms with Gasteiger partial charge < -0.3 is 10.2 Å². The average Bonchev–Trinajstić information content (AvgIpc) is 2.55. The largest absolute Gasteiger partial charge is 0.317 e. The van der Waals surface area contributed by atoms with Crippen LogP contribution in [0.4, 0.5) is 0 Å². The Balaban J connectivity index is 0. The molecule has 0 radical (unpaired) electrons. The molecule has 0 aliphatic rings. The van der Waals surface area contributed by atoms with Crippen LogP contribution in [0, 0.1) is 0 Å². The standard InChI is InChI=1S/C12H27N.C8H19N/c1-4-7-10-13(11-8-5-2)12-9-6-3;1-3-5-7-9-8-6-4-2/h4-12H2,1-3H3;9H,3-8H2,1-2H3. The second-order valence-corrected chi connectivity index (χ2v) is 6.36. The third kappa shape index (κ3) is 22.2. The minimum absolute atomic E-state index is 1.20. The summed E-state index contributed by atoms with van der Waals surface area (Å²) in [5.41, 5.74) is 0. The van der Waals surface area contributed by atoms with Crippen molar-refractivity contribution in [3.05, 3.63) is 0 Å². The van der Waals surface area contributed by atoms with Gasteiger partial charge in [0.15, 0.2) is 0 Å². The van der Waals surface area contributed by atoms with Gasteiger partial charge in [0.2, 0.25) is 0 Å². The quantitative estimate of drug-likeness (QED) is 0.381. The maximum absolute atomic E-state index is 3.39. The lowest BCUT2D eigenvalue weighted by Crippen LogP contribution is -2.27. The Morgan fingerprint density at radius 1 is 0.500 bits per heavy atom. The first-order chi connectivity index (χ1) is 10.8. The molecule has 0 saturated heterocycles. The van der Waals surface area contributed by atoms with Crippen molar-refractivity contribution in [2.75, 3.05) is 32.7 Å². The van der Waals surface area contributed by atoms with E-state index in [2.05, 4.69) is 44.8 Å². The number of hydrogen-bond donors (Lipinski definition) is 1. The molecule has 136 valence electrons. The number of unbranched alkanes of at least 4 members (excludes halogenated alkanes) is 5. The van der Waals surface area contributed by atoms with Crippen LogP contribution in [0.3, 0.4) is 0 Å². The zero-order chi connectivity index (χ0) is 16.9. The Labute approximate surface area is 142 Å². The SMILES string of the molecule is CCCCN(CCCC)CCCC.CCCCNCCCC. The van der Waals surface area contributed by atoms with Crippen LogP contribution in [0.2, 0.25) is 0 Å². The van der Waals surface area contributed by atoms with Crippen LogP contribution in [0.15, 0.2) is 0 Å². The monoisotopic (exact) mass is 314 g/mol. The van der Waals surface area contributed by atoms with Gasteiger partial charge in [0, 0.05) is 0 Å². The van der Waals surface area contributed by atoms with Crippen molar-refractivity contribution in [1.29, 1.82) is 0 Å². The number of nitrogens with zero attached hydrogens (tertiary/aromatic N) is 1. The fourth-order valence-corrected chi connectivity index (χ4v) is 2.21. The molecular formula is C20H46N2. The van der Waals surface area contributed by atoms with Gasteiger partial charge >= 0.3 is 0 Å². The molecule has 0 heterocycles. The minimum atomic E-state index is 1.20. The molecule has 0 bridgehead atoms. The van der Waals surface area contributed by atoms with Gasteiger partial charge in [0.05, 0.1) is 0 Å². The topological polar surface area (TPSA) is 15.3 Å². The summed E-state index contributed by atoms with van der Waals surface area (Å²) in [7, 11) is 0. The maximum atomic E-state index is 3.39. The summed E-state index contributed by atoms with van der Waals surface area (Å²) in [4.78, 5) is 2.64. The van der Waals surface area contributed by atoms with Gasteiger partial charge in [-0.2, -0.15) is 0 Å². The van der Waals surface area contributed by atoms with E-state index < -0.39 is 0 Å². The van der Waals surface area contributed by atoms with Gasteiger partial charge in [-0.1, -0.05) is 66.7 Å². The fourth-order valence-electron chi connectivity index (χ4n) is 2.21. The van der Waals surface area contributed by atoms with Crippen LogP contribution in [0.25, 0.3) is 0 Å². The summed E-state index contributed by atoms with van der Waals surface area (Å²) in [6.07, 6.45) is 13.3. The van der Waals surface area contributed by atoms with Crippen LogP contribution in [0.1, 0.15) is 98.8 Å². The normalized spacial score (nSPS) is 10.6. The van der Waals surface area contributed by atoms with Crippen LogP contribution in [0.5, 0.6) is 0 Å². The first kappa shape index (κ1) is 24.2. The van der Waals surface area contributed by atoms with E-state index >= 15 is 0 Å². The van der Waals surface area contributed by atoms with Crippen LogP contribution in [-0.2, 0) is 0 Å². The lowest BCUT2D eigenvalue weighted by Gasteiger charge is -2.21. The molecule has 0 aliphatic heterocycles. The summed E-state index contributed by atoms with van der Waals surface area (Å²) >= 11 is 0. The van der Waals surface area contributed by atoms with Crippen molar-refractivity contribution in [3.8, 4) is 0 Å². The maximum Gasteiger partial charge on any atom is -0.00188 e. The number of hydrogen-bond acceptors (Lipinski definition) is 2. The molecule has 0 aromatic rings. The third-order valence-corrected chi connectivity index (χ3v) is 3.90.